The van der Waals surface area contributed by atoms with Gasteiger partial charge in [-0.25, -0.2) is 14.2 Å². The summed E-state index contributed by atoms with van der Waals surface area (Å²) in [5, 5.41) is 11.6. The predicted octanol–water partition coefficient (Wildman–Crippen LogP) is 2.24. The lowest BCUT2D eigenvalue weighted by Crippen LogP contribution is -2.58. The second-order valence-electron chi connectivity index (χ2n) is 9.04. The fourth-order valence-electron chi connectivity index (χ4n) is 5.46. The lowest BCUT2D eigenvalue weighted by atomic mass is 9.91. The van der Waals surface area contributed by atoms with Crippen LogP contribution in [0.5, 0.6) is 0 Å². The molecule has 196 valence electrons. The van der Waals surface area contributed by atoms with Crippen LogP contribution in [0.25, 0.3) is 11.9 Å². The highest BCUT2D eigenvalue weighted by atomic mass is 35.5. The van der Waals surface area contributed by atoms with Gasteiger partial charge in [0.2, 0.25) is 5.91 Å². The molecule has 2 atom stereocenters. The van der Waals surface area contributed by atoms with Crippen LogP contribution >= 0.6 is 22.9 Å². The largest absolute Gasteiger partial charge is 0.389 e. The van der Waals surface area contributed by atoms with Gasteiger partial charge in [0.15, 0.2) is 0 Å². The van der Waals surface area contributed by atoms with E-state index in [0.717, 1.165) is 17.4 Å². The Bertz CT molecular complexity index is 1560. The van der Waals surface area contributed by atoms with E-state index < -0.39 is 11.3 Å². The van der Waals surface area contributed by atoms with Crippen LogP contribution in [0, 0.1) is 17.1 Å². The Labute approximate surface area is 226 Å². The number of hydrogen-bond acceptors (Lipinski definition) is 7. The first-order valence-corrected chi connectivity index (χ1v) is 13.0. The van der Waals surface area contributed by atoms with Gasteiger partial charge in [-0.15, -0.1) is 11.3 Å². The summed E-state index contributed by atoms with van der Waals surface area (Å²) in [7, 11) is 0. The standard InChI is InChI=1S/C26H23ClF2N6O2S/c1-3-14(20-16(11-30)25(31)38-18(20)10-28)21-17(29)9-15-23-22(21)24(27)32-35(23)6-5-13-12-33(19(36)4-2)7-8-34(13)26(15)37/h3-4,9-10,13,24,32H,1-2,5-8,12,31H2/b18-10-,20-14+/t13-,24?/m1/s1. The molecule has 3 aliphatic rings. The van der Waals surface area contributed by atoms with Gasteiger partial charge in [-0.05, 0) is 24.1 Å². The Morgan fingerprint density at radius 2 is 2.08 bits per heavy atom. The number of hydrazine groups is 1. The molecule has 8 nitrogen and oxygen atoms in total. The zero-order valence-corrected chi connectivity index (χ0v) is 21.7. The number of alkyl halides is 1. The van der Waals surface area contributed by atoms with Gasteiger partial charge in [0.25, 0.3) is 5.91 Å². The molecule has 1 fully saturated rings. The number of fused-ring (bicyclic) bond motifs is 1. The van der Waals surface area contributed by atoms with E-state index in [1.165, 1.54) is 12.2 Å². The number of anilines is 2. The Balaban J connectivity index is 1.73. The molecule has 3 N–H and O–H groups in total. The maximum atomic E-state index is 16.0. The van der Waals surface area contributed by atoms with Crippen molar-refractivity contribution in [3.05, 3.63) is 69.2 Å². The van der Waals surface area contributed by atoms with Crippen molar-refractivity contribution >= 4 is 57.3 Å². The Morgan fingerprint density at radius 3 is 2.74 bits per heavy atom. The van der Waals surface area contributed by atoms with Crippen molar-refractivity contribution in [3.8, 4) is 6.07 Å². The summed E-state index contributed by atoms with van der Waals surface area (Å²) >= 11 is 7.57. The third-order valence-corrected chi connectivity index (χ3v) is 8.40. The molecule has 0 radical (unpaired) electrons. The van der Waals surface area contributed by atoms with E-state index in [1.807, 2.05) is 6.07 Å². The molecule has 12 heteroatoms. The molecule has 1 aromatic heterocycles. The number of nitrogens with two attached hydrogens (primary N) is 1. The van der Waals surface area contributed by atoms with Gasteiger partial charge >= 0.3 is 0 Å². The number of nitrogen functional groups attached to an aromatic ring is 1. The average molecular weight is 557 g/mol. The summed E-state index contributed by atoms with van der Waals surface area (Å²) in [6, 6.07) is 2.84. The summed E-state index contributed by atoms with van der Waals surface area (Å²) in [5.41, 5.74) is 9.12. The highest BCUT2D eigenvalue weighted by Crippen LogP contribution is 2.45. The van der Waals surface area contributed by atoms with Crippen molar-refractivity contribution in [2.45, 2.75) is 18.0 Å². The first-order chi connectivity index (χ1) is 18.2. The average Bonchev–Trinajstić information content (AvgIpc) is 3.42. The molecule has 0 spiro atoms. The maximum absolute atomic E-state index is 16.0. The number of hydrogen-bond donors (Lipinski definition) is 2. The molecule has 1 saturated heterocycles. The van der Waals surface area contributed by atoms with Crippen molar-refractivity contribution in [1.29, 1.82) is 5.26 Å². The van der Waals surface area contributed by atoms with Crippen LogP contribution in [0.3, 0.4) is 0 Å². The number of nitrogens with zero attached hydrogens (tertiary/aromatic N) is 4. The number of allylic oxidation sites excluding steroid dienone is 1. The molecule has 3 aliphatic heterocycles. The summed E-state index contributed by atoms with van der Waals surface area (Å²) in [6.45, 7) is 8.72. The van der Waals surface area contributed by atoms with Gasteiger partial charge in [0, 0.05) is 42.5 Å². The molecular weight excluding hydrogens is 534 g/mol. The number of thiophene rings is 1. The fraction of sp³-hybridized carbons (Fsp3) is 0.269. The van der Waals surface area contributed by atoms with Crippen LogP contribution < -0.4 is 25.9 Å². The molecule has 0 saturated carbocycles. The van der Waals surface area contributed by atoms with Crippen molar-refractivity contribution in [2.24, 2.45) is 0 Å². The minimum atomic E-state index is -0.925. The monoisotopic (exact) mass is 556 g/mol. The third-order valence-electron chi connectivity index (χ3n) is 7.14. The summed E-state index contributed by atoms with van der Waals surface area (Å²) in [6.07, 6.45) is 3.42. The first-order valence-electron chi connectivity index (χ1n) is 11.8. The Morgan fingerprint density at radius 1 is 1.32 bits per heavy atom. The molecular formula is C26H23ClF2N6O2S. The van der Waals surface area contributed by atoms with Crippen LogP contribution in [-0.2, 0) is 4.79 Å². The Kier molecular flexibility index (Phi) is 6.73. The number of benzene rings is 1. The van der Waals surface area contributed by atoms with Crippen LogP contribution in [0.2, 0.25) is 0 Å². The fourth-order valence-corrected chi connectivity index (χ4v) is 6.63. The van der Waals surface area contributed by atoms with Gasteiger partial charge in [0.1, 0.15) is 28.7 Å². The van der Waals surface area contributed by atoms with Crippen molar-refractivity contribution in [1.82, 2.24) is 15.2 Å². The van der Waals surface area contributed by atoms with Gasteiger partial charge in [-0.1, -0.05) is 30.8 Å². The zero-order chi connectivity index (χ0) is 27.3. The number of carbonyl (C=O) groups is 2. The van der Waals surface area contributed by atoms with Crippen LogP contribution in [0.15, 0.2) is 31.4 Å². The highest BCUT2D eigenvalue weighted by molar-refractivity contribution is 7.14. The summed E-state index contributed by atoms with van der Waals surface area (Å²) in [4.78, 5) is 29.3. The lowest BCUT2D eigenvalue weighted by molar-refractivity contribution is -0.128. The van der Waals surface area contributed by atoms with E-state index in [1.54, 1.807) is 14.8 Å². The topological polar surface area (TPSA) is 106 Å². The molecule has 38 heavy (non-hydrogen) atoms. The van der Waals surface area contributed by atoms with E-state index in [9.17, 15) is 19.2 Å². The van der Waals surface area contributed by atoms with Gasteiger partial charge in [-0.2, -0.15) is 5.26 Å². The quantitative estimate of drug-likeness (QED) is 0.341. The molecule has 5 rings (SSSR count). The molecule has 2 aromatic rings. The molecule has 1 aromatic carbocycles. The van der Waals surface area contributed by atoms with Gasteiger partial charge in [0.05, 0.1) is 27.4 Å². The number of nitriles is 1. The number of carbonyl (C=O) groups excluding carboxylic acids is 2. The van der Waals surface area contributed by atoms with Crippen molar-refractivity contribution < 1.29 is 18.4 Å². The highest BCUT2D eigenvalue weighted by Gasteiger charge is 2.42. The lowest BCUT2D eigenvalue weighted by Gasteiger charge is -2.43. The minimum Gasteiger partial charge on any atom is -0.389 e. The van der Waals surface area contributed by atoms with Gasteiger partial charge < -0.3 is 20.5 Å². The van der Waals surface area contributed by atoms with E-state index >= 15 is 4.39 Å². The smallest absolute Gasteiger partial charge is 0.256 e. The second kappa shape index (κ2) is 9.87. The molecule has 2 amide bonds. The van der Waals surface area contributed by atoms with Crippen LogP contribution in [0.1, 0.15) is 39.0 Å². The summed E-state index contributed by atoms with van der Waals surface area (Å²) < 4.78 is 29.9. The number of halogens is 3. The third kappa shape index (κ3) is 3.88. The SMILES string of the molecule is C=CC(=O)N1CCN2C(=O)c3cc(F)c(/C(C=C)=c4\c(C#N)c(N)s\c4=C/F)c4c3N(CC[C@@H]2C1)NC4Cl. The predicted molar refractivity (Wildman–Crippen MR) is 143 cm³/mol. The number of nitrogens with one attached hydrogen (secondary N) is 1. The number of piperazine rings is 1. The van der Waals surface area contributed by atoms with E-state index in [2.05, 4.69) is 18.6 Å². The van der Waals surface area contributed by atoms with Crippen LogP contribution in [-0.4, -0.2) is 53.8 Å². The molecule has 0 aliphatic carbocycles. The number of rotatable bonds is 3. The molecule has 0 bridgehead atoms. The first kappa shape index (κ1) is 25.9. The van der Waals surface area contributed by atoms with E-state index in [-0.39, 0.29) is 54.9 Å². The number of amides is 2. The maximum Gasteiger partial charge on any atom is 0.256 e. The second-order valence-corrected chi connectivity index (χ2v) is 10.6. The molecule has 4 heterocycles. The van der Waals surface area contributed by atoms with Crippen LogP contribution in [0.4, 0.5) is 19.5 Å². The summed E-state index contributed by atoms with van der Waals surface area (Å²) in [5.74, 6) is -1.36. The van der Waals surface area contributed by atoms with E-state index in [0.29, 0.717) is 50.2 Å². The zero-order valence-electron chi connectivity index (χ0n) is 20.1. The molecule has 1 unspecified atom stereocenters. The van der Waals surface area contributed by atoms with Crippen molar-refractivity contribution in [3.63, 3.8) is 0 Å². The normalized spacial score (nSPS) is 21.8. The van der Waals surface area contributed by atoms with Gasteiger partial charge in [-0.3, -0.25) is 9.59 Å². The van der Waals surface area contributed by atoms with E-state index in [4.69, 9.17) is 17.3 Å². The van der Waals surface area contributed by atoms with Crippen molar-refractivity contribution in [2.75, 3.05) is 36.9 Å². The minimum absolute atomic E-state index is 0.00642. The Hall–Kier alpha value is -3.72.